The summed E-state index contributed by atoms with van der Waals surface area (Å²) in [7, 11) is 0. The second-order valence-electron chi connectivity index (χ2n) is 7.41. The summed E-state index contributed by atoms with van der Waals surface area (Å²) in [5.74, 6) is 0.888. The van der Waals surface area contributed by atoms with E-state index in [9.17, 15) is 4.79 Å². The topological polar surface area (TPSA) is 79.8 Å². The molecule has 0 aliphatic rings. The van der Waals surface area contributed by atoms with Crippen LogP contribution >= 0.6 is 23.1 Å². The molecule has 0 saturated carbocycles. The monoisotopic (exact) mass is 475 g/mol. The summed E-state index contributed by atoms with van der Waals surface area (Å²) in [6.07, 6.45) is 7.31. The van der Waals surface area contributed by atoms with Crippen molar-refractivity contribution in [3.05, 3.63) is 90.5 Å². The van der Waals surface area contributed by atoms with Gasteiger partial charge in [-0.15, -0.1) is 0 Å². The molecule has 1 amide bonds. The molecule has 168 valence electrons. The number of hydrogen-bond donors (Lipinski definition) is 2. The summed E-state index contributed by atoms with van der Waals surface area (Å²) >= 11 is 3.09. The summed E-state index contributed by atoms with van der Waals surface area (Å²) in [5, 5.41) is 7.03. The lowest BCUT2D eigenvalue weighted by molar-refractivity contribution is 0.0945. The van der Waals surface area contributed by atoms with Crippen molar-refractivity contribution in [1.29, 1.82) is 0 Å². The van der Waals surface area contributed by atoms with E-state index in [4.69, 9.17) is 0 Å². The Morgan fingerprint density at radius 2 is 1.88 bits per heavy atom. The van der Waals surface area contributed by atoms with E-state index in [1.165, 1.54) is 16.9 Å². The van der Waals surface area contributed by atoms with Crippen LogP contribution in [0.2, 0.25) is 0 Å². The highest BCUT2D eigenvalue weighted by Crippen LogP contribution is 2.34. The summed E-state index contributed by atoms with van der Waals surface area (Å²) in [4.78, 5) is 26.7. The molecule has 3 aromatic heterocycles. The maximum absolute atomic E-state index is 12.8. The first-order valence-electron chi connectivity index (χ1n) is 10.8. The Morgan fingerprint density at radius 1 is 1.03 bits per heavy atom. The molecule has 6 nitrogen and oxygen atoms in total. The first kappa shape index (κ1) is 22.9. The Kier molecular flexibility index (Phi) is 8.05. The van der Waals surface area contributed by atoms with Crippen molar-refractivity contribution in [2.24, 2.45) is 0 Å². The third-order valence-corrected chi connectivity index (χ3v) is 6.99. The Balaban J connectivity index is 1.37. The number of benzene rings is 1. The quantitative estimate of drug-likeness (QED) is 0.287. The number of pyridine rings is 2. The van der Waals surface area contributed by atoms with Crippen LogP contribution < -0.4 is 10.6 Å². The van der Waals surface area contributed by atoms with Gasteiger partial charge in [-0.25, -0.2) is 9.97 Å². The molecule has 4 aromatic rings. The number of rotatable bonds is 10. The Labute approximate surface area is 201 Å². The molecule has 1 aromatic carbocycles. The third kappa shape index (κ3) is 6.63. The lowest BCUT2D eigenvalue weighted by atomic mass is 9.94. The number of carbonyl (C=O) groups excluding carboxylic acids is 1. The zero-order chi connectivity index (χ0) is 22.9. The van der Waals surface area contributed by atoms with Crippen molar-refractivity contribution >= 4 is 40.0 Å². The van der Waals surface area contributed by atoms with Gasteiger partial charge in [0.05, 0.1) is 10.4 Å². The minimum Gasteiger partial charge on any atom is -0.350 e. The van der Waals surface area contributed by atoms with Gasteiger partial charge in [0, 0.05) is 29.8 Å². The Bertz CT molecular complexity index is 1170. The number of amides is 1. The number of nitrogens with one attached hydrogen (secondary N) is 2. The van der Waals surface area contributed by atoms with Crippen LogP contribution in [0.15, 0.2) is 88.4 Å². The number of aromatic nitrogens is 3. The van der Waals surface area contributed by atoms with E-state index in [0.717, 1.165) is 32.9 Å². The van der Waals surface area contributed by atoms with Crippen molar-refractivity contribution in [2.75, 3.05) is 11.9 Å². The normalized spacial score (nSPS) is 11.7. The molecule has 33 heavy (non-hydrogen) atoms. The average molecular weight is 476 g/mol. The van der Waals surface area contributed by atoms with Crippen LogP contribution in [-0.2, 0) is 0 Å². The lowest BCUT2D eigenvalue weighted by Crippen LogP contribution is -2.29. The molecule has 4 rings (SSSR count). The number of hydrogen-bond acceptors (Lipinski definition) is 7. The van der Waals surface area contributed by atoms with Gasteiger partial charge in [-0.1, -0.05) is 72.8 Å². The molecule has 0 aliphatic heterocycles. The smallest absolute Gasteiger partial charge is 0.269 e. The van der Waals surface area contributed by atoms with Gasteiger partial charge in [-0.05, 0) is 36.2 Å². The van der Waals surface area contributed by atoms with Gasteiger partial charge in [0.1, 0.15) is 11.5 Å². The highest BCUT2D eigenvalue weighted by molar-refractivity contribution is 8.01. The molecule has 1 atom stereocenters. The van der Waals surface area contributed by atoms with Crippen molar-refractivity contribution in [1.82, 2.24) is 20.3 Å². The minimum atomic E-state index is -0.156. The second kappa shape index (κ2) is 11.6. The fourth-order valence-corrected chi connectivity index (χ4v) is 5.28. The zero-order valence-electron chi connectivity index (χ0n) is 18.3. The van der Waals surface area contributed by atoms with Crippen LogP contribution in [0.3, 0.4) is 0 Å². The lowest BCUT2D eigenvalue weighted by Gasteiger charge is -2.17. The van der Waals surface area contributed by atoms with Gasteiger partial charge < -0.3 is 10.6 Å². The van der Waals surface area contributed by atoms with Crippen molar-refractivity contribution in [3.8, 4) is 0 Å². The average Bonchev–Trinajstić information content (AvgIpc) is 3.29. The van der Waals surface area contributed by atoms with Crippen molar-refractivity contribution in [3.63, 3.8) is 0 Å². The highest BCUT2D eigenvalue weighted by Gasteiger charge is 2.14. The van der Waals surface area contributed by atoms with Crippen molar-refractivity contribution in [2.45, 2.75) is 34.8 Å². The SMILES string of the molecule is CCCC(CNC(=O)c1cc(Sc2cnc(Nc3ccccn3)s2)ccn1)c1ccccc1. The number of nitrogens with zero attached hydrogens (tertiary/aromatic N) is 3. The molecule has 0 fully saturated rings. The predicted molar refractivity (Wildman–Crippen MR) is 134 cm³/mol. The zero-order valence-corrected chi connectivity index (χ0v) is 19.9. The van der Waals surface area contributed by atoms with Crippen molar-refractivity contribution < 1.29 is 4.79 Å². The minimum absolute atomic E-state index is 0.156. The van der Waals surface area contributed by atoms with E-state index in [1.54, 1.807) is 24.2 Å². The Hall–Kier alpha value is -3.23. The largest absolute Gasteiger partial charge is 0.350 e. The predicted octanol–water partition coefficient (Wildman–Crippen LogP) is 6.14. The first-order valence-corrected chi connectivity index (χ1v) is 12.5. The molecular formula is C25H25N5OS2. The van der Waals surface area contributed by atoms with Gasteiger partial charge in [0.2, 0.25) is 0 Å². The van der Waals surface area contributed by atoms with Gasteiger partial charge in [-0.2, -0.15) is 0 Å². The van der Waals surface area contributed by atoms with E-state index in [-0.39, 0.29) is 5.91 Å². The summed E-state index contributed by atoms with van der Waals surface area (Å²) in [6.45, 7) is 2.75. The highest BCUT2D eigenvalue weighted by atomic mass is 32.2. The van der Waals surface area contributed by atoms with Crippen LogP contribution in [0.25, 0.3) is 0 Å². The standard InChI is InChI=1S/C25H25N5OS2/c1-2-8-19(18-9-4-3-5-10-18)16-28-24(31)21-15-20(12-14-26-21)32-23-17-29-25(33-23)30-22-11-6-7-13-27-22/h3-7,9-15,17,19H,2,8,16H2,1H3,(H,28,31)(H,27,29,30). The maximum atomic E-state index is 12.8. The molecule has 1 unspecified atom stereocenters. The van der Waals surface area contributed by atoms with Gasteiger partial charge in [0.25, 0.3) is 5.91 Å². The molecule has 0 spiro atoms. The summed E-state index contributed by atoms with van der Waals surface area (Å²) < 4.78 is 1.01. The van der Waals surface area contributed by atoms with Crippen LogP contribution in [0, 0.1) is 0 Å². The van der Waals surface area contributed by atoms with Crippen LogP contribution in [0.4, 0.5) is 10.9 Å². The molecular weight excluding hydrogens is 450 g/mol. The molecule has 0 saturated heterocycles. The summed E-state index contributed by atoms with van der Waals surface area (Å²) in [6, 6.07) is 19.7. The molecule has 0 bridgehead atoms. The van der Waals surface area contributed by atoms with E-state index in [0.29, 0.717) is 18.2 Å². The van der Waals surface area contributed by atoms with Gasteiger partial charge in [-0.3, -0.25) is 9.78 Å². The second-order valence-corrected chi connectivity index (χ2v) is 9.81. The molecule has 2 N–H and O–H groups in total. The number of carbonyl (C=O) groups is 1. The Morgan fingerprint density at radius 3 is 2.67 bits per heavy atom. The maximum Gasteiger partial charge on any atom is 0.269 e. The number of thiazole rings is 1. The summed E-state index contributed by atoms with van der Waals surface area (Å²) in [5.41, 5.74) is 1.66. The van der Waals surface area contributed by atoms with E-state index in [2.05, 4.69) is 44.6 Å². The first-order chi connectivity index (χ1) is 16.2. The fraction of sp³-hybridized carbons (Fsp3) is 0.200. The van der Waals surface area contributed by atoms with E-state index < -0.39 is 0 Å². The molecule has 8 heteroatoms. The fourth-order valence-electron chi connectivity index (χ4n) is 3.39. The van der Waals surface area contributed by atoms with Crippen LogP contribution in [0.5, 0.6) is 0 Å². The van der Waals surface area contributed by atoms with E-state index in [1.807, 2.05) is 54.7 Å². The van der Waals surface area contributed by atoms with Gasteiger partial charge in [0.15, 0.2) is 5.13 Å². The molecule has 3 heterocycles. The molecule has 0 radical (unpaired) electrons. The third-order valence-electron chi connectivity index (χ3n) is 4.98. The molecule has 0 aliphatic carbocycles. The van der Waals surface area contributed by atoms with Crippen LogP contribution in [0.1, 0.15) is 41.7 Å². The van der Waals surface area contributed by atoms with Crippen LogP contribution in [-0.4, -0.2) is 27.4 Å². The number of anilines is 2. The van der Waals surface area contributed by atoms with E-state index >= 15 is 0 Å². The van der Waals surface area contributed by atoms with Gasteiger partial charge >= 0.3 is 0 Å².